The lowest BCUT2D eigenvalue weighted by molar-refractivity contribution is 0.0597. The minimum Gasteiger partial charge on any atom is -0.507 e. The van der Waals surface area contributed by atoms with E-state index in [9.17, 15) is 9.90 Å². The summed E-state index contributed by atoms with van der Waals surface area (Å²) in [5, 5.41) is 12.6. The fraction of sp³-hybridized carbons (Fsp3) is 0.250. The fourth-order valence-electron chi connectivity index (χ4n) is 1.25. The van der Waals surface area contributed by atoms with Crippen LogP contribution in [0.1, 0.15) is 15.9 Å². The van der Waals surface area contributed by atoms with Gasteiger partial charge in [0.2, 0.25) is 0 Å². The summed E-state index contributed by atoms with van der Waals surface area (Å²) in [5.41, 5.74) is 1.01. The van der Waals surface area contributed by atoms with Crippen LogP contribution in [-0.4, -0.2) is 31.8 Å². The third kappa shape index (κ3) is 3.10. The van der Waals surface area contributed by atoms with Crippen molar-refractivity contribution in [1.82, 2.24) is 5.32 Å². The largest absolute Gasteiger partial charge is 0.507 e. The molecular weight excluding hydrogens is 206 g/mol. The van der Waals surface area contributed by atoms with Crippen molar-refractivity contribution in [3.8, 4) is 5.75 Å². The average molecular weight is 221 g/mol. The molecule has 4 heteroatoms. The number of carbonyl (C=O) groups excluding carboxylic acids is 1. The van der Waals surface area contributed by atoms with E-state index in [2.05, 4.69) is 10.1 Å². The highest BCUT2D eigenvalue weighted by Gasteiger charge is 2.10. The van der Waals surface area contributed by atoms with E-state index < -0.39 is 5.97 Å². The van der Waals surface area contributed by atoms with Crippen LogP contribution in [0.2, 0.25) is 0 Å². The molecule has 1 aromatic carbocycles. The van der Waals surface area contributed by atoms with Crippen LogP contribution in [0, 0.1) is 0 Å². The van der Waals surface area contributed by atoms with Gasteiger partial charge < -0.3 is 15.2 Å². The molecule has 1 rings (SSSR count). The van der Waals surface area contributed by atoms with E-state index in [1.165, 1.54) is 13.2 Å². The van der Waals surface area contributed by atoms with Gasteiger partial charge >= 0.3 is 5.97 Å². The van der Waals surface area contributed by atoms with Crippen molar-refractivity contribution in [1.29, 1.82) is 0 Å². The van der Waals surface area contributed by atoms with E-state index >= 15 is 0 Å². The summed E-state index contributed by atoms with van der Waals surface area (Å²) in [5.74, 6) is -0.610. The van der Waals surface area contributed by atoms with Crippen LogP contribution < -0.4 is 5.32 Å². The molecule has 1 aromatic rings. The van der Waals surface area contributed by atoms with E-state index in [4.69, 9.17) is 0 Å². The zero-order valence-electron chi connectivity index (χ0n) is 9.36. The molecule has 0 aliphatic heterocycles. The van der Waals surface area contributed by atoms with Crippen LogP contribution in [0.3, 0.4) is 0 Å². The number of esters is 1. The third-order valence-electron chi connectivity index (χ3n) is 2.06. The second kappa shape index (κ2) is 5.92. The van der Waals surface area contributed by atoms with Gasteiger partial charge in [-0.3, -0.25) is 0 Å². The second-order valence-electron chi connectivity index (χ2n) is 3.23. The number of nitrogens with one attached hydrogen (secondary N) is 1. The Kier molecular flexibility index (Phi) is 4.54. The van der Waals surface area contributed by atoms with Gasteiger partial charge in [0.15, 0.2) is 0 Å². The number of ether oxygens (including phenoxy) is 1. The predicted molar refractivity (Wildman–Crippen MR) is 62.4 cm³/mol. The molecule has 0 saturated heterocycles. The zero-order valence-corrected chi connectivity index (χ0v) is 9.36. The van der Waals surface area contributed by atoms with Crippen LogP contribution in [0.4, 0.5) is 0 Å². The Hall–Kier alpha value is -1.81. The standard InChI is InChI=1S/C12H15NO3/c1-13-7-3-4-9-5-6-10(11(14)8-9)12(15)16-2/h3-6,8,13-14H,7H2,1-2H3. The van der Waals surface area contributed by atoms with Gasteiger partial charge in [0.1, 0.15) is 11.3 Å². The van der Waals surface area contributed by atoms with Gasteiger partial charge in [-0.05, 0) is 24.7 Å². The topological polar surface area (TPSA) is 58.6 Å². The highest BCUT2D eigenvalue weighted by Crippen LogP contribution is 2.20. The Morgan fingerprint density at radius 2 is 2.31 bits per heavy atom. The highest BCUT2D eigenvalue weighted by atomic mass is 16.5. The molecule has 86 valence electrons. The summed E-state index contributed by atoms with van der Waals surface area (Å²) in [6.07, 6.45) is 3.78. The lowest BCUT2D eigenvalue weighted by atomic mass is 10.1. The number of methoxy groups -OCH3 is 1. The molecule has 16 heavy (non-hydrogen) atoms. The average Bonchev–Trinajstić information content (AvgIpc) is 2.29. The molecule has 0 aromatic heterocycles. The van der Waals surface area contributed by atoms with Crippen LogP contribution in [-0.2, 0) is 4.74 Å². The minimum absolute atomic E-state index is 0.0709. The lowest BCUT2D eigenvalue weighted by Gasteiger charge is -2.03. The second-order valence-corrected chi connectivity index (χ2v) is 3.23. The van der Waals surface area contributed by atoms with Crippen molar-refractivity contribution in [2.24, 2.45) is 0 Å². The monoisotopic (exact) mass is 221 g/mol. The van der Waals surface area contributed by atoms with Crippen molar-refractivity contribution in [2.45, 2.75) is 0 Å². The van der Waals surface area contributed by atoms with Gasteiger partial charge in [0.05, 0.1) is 7.11 Å². The number of benzene rings is 1. The molecule has 4 nitrogen and oxygen atoms in total. The van der Waals surface area contributed by atoms with E-state index in [0.29, 0.717) is 0 Å². The maximum absolute atomic E-state index is 11.2. The maximum Gasteiger partial charge on any atom is 0.341 e. The molecule has 0 atom stereocenters. The van der Waals surface area contributed by atoms with Gasteiger partial charge in [0.25, 0.3) is 0 Å². The molecule has 2 N–H and O–H groups in total. The molecule has 0 saturated carbocycles. The van der Waals surface area contributed by atoms with E-state index in [-0.39, 0.29) is 11.3 Å². The molecule has 0 spiro atoms. The molecule has 0 heterocycles. The SMILES string of the molecule is CNCC=Cc1ccc(C(=O)OC)c(O)c1. The molecule has 0 aliphatic carbocycles. The van der Waals surface area contributed by atoms with Crippen LogP contribution >= 0.6 is 0 Å². The number of likely N-dealkylation sites (N-methyl/N-ethyl adjacent to an activating group) is 1. The van der Waals surface area contributed by atoms with Crippen molar-refractivity contribution in [3.63, 3.8) is 0 Å². The van der Waals surface area contributed by atoms with Gasteiger partial charge in [0, 0.05) is 6.54 Å². The van der Waals surface area contributed by atoms with E-state index in [1.54, 1.807) is 12.1 Å². The molecule has 0 fully saturated rings. The first-order valence-corrected chi connectivity index (χ1v) is 4.91. The van der Waals surface area contributed by atoms with Crippen LogP contribution in [0.25, 0.3) is 6.08 Å². The quantitative estimate of drug-likeness (QED) is 0.755. The number of hydrogen-bond donors (Lipinski definition) is 2. The summed E-state index contributed by atoms with van der Waals surface area (Å²) < 4.78 is 4.53. The number of phenolic OH excluding ortho intramolecular Hbond substituents is 1. The zero-order chi connectivity index (χ0) is 12.0. The minimum atomic E-state index is -0.539. The number of phenols is 1. The first-order chi connectivity index (χ1) is 7.69. The van der Waals surface area contributed by atoms with Crippen molar-refractivity contribution in [3.05, 3.63) is 35.4 Å². The number of hydrogen-bond acceptors (Lipinski definition) is 4. The summed E-state index contributed by atoms with van der Waals surface area (Å²) in [6, 6.07) is 4.82. The Balaban J connectivity index is 2.86. The van der Waals surface area contributed by atoms with Gasteiger partial charge in [-0.25, -0.2) is 4.79 Å². The molecule has 0 aliphatic rings. The Labute approximate surface area is 94.6 Å². The summed E-state index contributed by atoms with van der Waals surface area (Å²) in [4.78, 5) is 11.2. The van der Waals surface area contributed by atoms with Gasteiger partial charge in [-0.1, -0.05) is 18.2 Å². The van der Waals surface area contributed by atoms with Gasteiger partial charge in [-0.15, -0.1) is 0 Å². The van der Waals surface area contributed by atoms with Crippen molar-refractivity contribution < 1.29 is 14.6 Å². The molecule has 0 unspecified atom stereocenters. The first-order valence-electron chi connectivity index (χ1n) is 4.91. The van der Waals surface area contributed by atoms with Crippen LogP contribution in [0.15, 0.2) is 24.3 Å². The summed E-state index contributed by atoms with van der Waals surface area (Å²) in [7, 11) is 3.13. The molecular formula is C12H15NO3. The molecule has 0 bridgehead atoms. The Morgan fingerprint density at radius 3 is 2.88 bits per heavy atom. The van der Waals surface area contributed by atoms with Crippen molar-refractivity contribution >= 4 is 12.0 Å². The van der Waals surface area contributed by atoms with Crippen molar-refractivity contribution in [2.75, 3.05) is 20.7 Å². The normalized spacial score (nSPS) is 10.6. The molecule has 0 radical (unpaired) electrons. The third-order valence-corrected chi connectivity index (χ3v) is 2.06. The van der Waals surface area contributed by atoms with E-state index in [0.717, 1.165) is 12.1 Å². The summed E-state index contributed by atoms with van der Waals surface area (Å²) in [6.45, 7) is 0.750. The predicted octanol–water partition coefficient (Wildman–Crippen LogP) is 1.41. The Morgan fingerprint density at radius 1 is 1.56 bits per heavy atom. The highest BCUT2D eigenvalue weighted by molar-refractivity contribution is 5.92. The maximum atomic E-state index is 11.2. The smallest absolute Gasteiger partial charge is 0.341 e. The first kappa shape index (κ1) is 12.3. The van der Waals surface area contributed by atoms with E-state index in [1.807, 2.05) is 19.2 Å². The number of aromatic hydroxyl groups is 1. The number of carbonyl (C=O) groups is 1. The van der Waals surface area contributed by atoms with Crippen LogP contribution in [0.5, 0.6) is 5.75 Å². The lowest BCUT2D eigenvalue weighted by Crippen LogP contribution is -2.03. The summed E-state index contributed by atoms with van der Waals surface area (Å²) >= 11 is 0. The number of rotatable bonds is 4. The fourth-order valence-corrected chi connectivity index (χ4v) is 1.25. The Bertz CT molecular complexity index is 399. The molecule has 0 amide bonds. The van der Waals surface area contributed by atoms with Gasteiger partial charge in [-0.2, -0.15) is 0 Å².